The summed E-state index contributed by atoms with van der Waals surface area (Å²) < 4.78 is 10.2. The van der Waals surface area contributed by atoms with Crippen molar-refractivity contribution in [2.24, 2.45) is 0 Å². The Morgan fingerprint density at radius 3 is 2.94 bits per heavy atom. The summed E-state index contributed by atoms with van der Waals surface area (Å²) in [5, 5.41) is 0. The van der Waals surface area contributed by atoms with Crippen molar-refractivity contribution in [1.82, 2.24) is 0 Å². The van der Waals surface area contributed by atoms with E-state index in [2.05, 4.69) is 13.0 Å². The van der Waals surface area contributed by atoms with Gasteiger partial charge in [0.25, 0.3) is 0 Å². The van der Waals surface area contributed by atoms with Gasteiger partial charge in [-0.2, -0.15) is 0 Å². The quantitative estimate of drug-likeness (QED) is 0.590. The highest BCUT2D eigenvalue weighted by molar-refractivity contribution is 5.90. The maximum atomic E-state index is 11.2. The average molecular weight is 246 g/mol. The second-order valence-electron chi connectivity index (χ2n) is 4.72. The zero-order chi connectivity index (χ0) is 13.0. The lowest BCUT2D eigenvalue weighted by Crippen LogP contribution is -2.08. The van der Waals surface area contributed by atoms with Gasteiger partial charge < -0.3 is 9.15 Å². The number of hydrogen-bond acceptors (Lipinski definition) is 3. The molecule has 1 atom stereocenters. The molecule has 3 heteroatoms. The van der Waals surface area contributed by atoms with Gasteiger partial charge in [-0.25, -0.2) is 4.79 Å². The Hall–Kier alpha value is -1.77. The molecule has 1 aromatic rings. The van der Waals surface area contributed by atoms with Gasteiger partial charge in [0.15, 0.2) is 0 Å². The van der Waals surface area contributed by atoms with Crippen LogP contribution in [0.4, 0.5) is 0 Å². The first-order chi connectivity index (χ1) is 8.65. The van der Waals surface area contributed by atoms with Gasteiger partial charge >= 0.3 is 5.97 Å². The van der Waals surface area contributed by atoms with E-state index in [9.17, 15) is 4.79 Å². The van der Waals surface area contributed by atoms with Gasteiger partial charge in [-0.05, 0) is 44.4 Å². The Labute approximate surface area is 107 Å². The van der Waals surface area contributed by atoms with Crippen molar-refractivity contribution < 1.29 is 13.9 Å². The van der Waals surface area contributed by atoms with Crippen molar-refractivity contribution in [3.63, 3.8) is 0 Å². The van der Waals surface area contributed by atoms with E-state index >= 15 is 0 Å². The zero-order valence-electron chi connectivity index (χ0n) is 10.8. The van der Waals surface area contributed by atoms with E-state index in [1.165, 1.54) is 11.1 Å². The first-order valence-electron chi connectivity index (χ1n) is 6.21. The molecule has 1 aliphatic rings. The molecule has 96 valence electrons. The van der Waals surface area contributed by atoms with Crippen LogP contribution in [0.15, 0.2) is 46.3 Å². The van der Waals surface area contributed by atoms with Crippen molar-refractivity contribution in [3.05, 3.63) is 47.5 Å². The predicted octanol–water partition coefficient (Wildman–Crippen LogP) is 3.42. The molecule has 0 saturated carbocycles. The van der Waals surface area contributed by atoms with Gasteiger partial charge in [-0.1, -0.05) is 11.6 Å². The number of ether oxygens (including phenoxy) is 1. The van der Waals surface area contributed by atoms with Gasteiger partial charge in [-0.15, -0.1) is 0 Å². The number of allylic oxidation sites excluding steroid dienone is 1. The van der Waals surface area contributed by atoms with E-state index in [0.29, 0.717) is 5.57 Å². The third-order valence-corrected chi connectivity index (χ3v) is 3.05. The summed E-state index contributed by atoms with van der Waals surface area (Å²) in [6, 6.07) is 1.98. The van der Waals surface area contributed by atoms with Crippen LogP contribution >= 0.6 is 0 Å². The van der Waals surface area contributed by atoms with Crippen molar-refractivity contribution in [2.75, 3.05) is 0 Å². The van der Waals surface area contributed by atoms with Crippen LogP contribution in [0, 0.1) is 0 Å². The van der Waals surface area contributed by atoms with Crippen molar-refractivity contribution in [2.45, 2.75) is 39.2 Å². The van der Waals surface area contributed by atoms with Crippen LogP contribution in [-0.2, 0) is 16.0 Å². The third kappa shape index (κ3) is 3.36. The number of cyclic esters (lactones) is 1. The van der Waals surface area contributed by atoms with Crippen molar-refractivity contribution >= 4 is 5.97 Å². The summed E-state index contributed by atoms with van der Waals surface area (Å²) in [4.78, 5) is 11.2. The number of furan rings is 1. The van der Waals surface area contributed by atoms with E-state index in [1.54, 1.807) is 19.5 Å². The van der Waals surface area contributed by atoms with Crippen LogP contribution < -0.4 is 0 Å². The minimum atomic E-state index is -0.189. The molecule has 1 aromatic heterocycles. The number of aryl methyl sites for hydroxylation is 1. The van der Waals surface area contributed by atoms with E-state index < -0.39 is 0 Å². The molecule has 0 unspecified atom stereocenters. The summed E-state index contributed by atoms with van der Waals surface area (Å²) in [6.07, 6.45) is 10.2. The molecule has 0 saturated heterocycles. The number of carbonyl (C=O) groups is 1. The molecule has 0 bridgehead atoms. The summed E-state index contributed by atoms with van der Waals surface area (Å²) in [7, 11) is 0. The van der Waals surface area contributed by atoms with E-state index in [1.807, 2.05) is 12.1 Å². The molecule has 0 N–H and O–H groups in total. The standard InChI is InChI=1S/C15H18O3/c1-11(4-3-5-13-6-7-17-10-13)8-14-9-12(2)15(16)18-14/h4,6-7,9-10,14H,3,5,8H2,1-2H3/b11-4+/t14-/m0/s1. The predicted molar refractivity (Wildman–Crippen MR) is 69.0 cm³/mol. The van der Waals surface area contributed by atoms with Gasteiger partial charge in [0, 0.05) is 12.0 Å². The minimum Gasteiger partial charge on any atom is -0.472 e. The van der Waals surface area contributed by atoms with Crippen LogP contribution in [0.1, 0.15) is 32.3 Å². The summed E-state index contributed by atoms with van der Waals surface area (Å²) in [6.45, 7) is 3.87. The van der Waals surface area contributed by atoms with Gasteiger partial charge in [0.2, 0.25) is 0 Å². The van der Waals surface area contributed by atoms with E-state index in [-0.39, 0.29) is 12.1 Å². The van der Waals surface area contributed by atoms with Crippen LogP contribution in [-0.4, -0.2) is 12.1 Å². The lowest BCUT2D eigenvalue weighted by molar-refractivity contribution is -0.139. The summed E-state index contributed by atoms with van der Waals surface area (Å²) in [5.74, 6) is -0.189. The average Bonchev–Trinajstić information content (AvgIpc) is 2.90. The molecule has 0 radical (unpaired) electrons. The first-order valence-corrected chi connectivity index (χ1v) is 6.21. The highest BCUT2D eigenvalue weighted by Gasteiger charge is 2.21. The highest BCUT2D eigenvalue weighted by atomic mass is 16.5. The molecule has 3 nitrogen and oxygen atoms in total. The van der Waals surface area contributed by atoms with E-state index in [0.717, 1.165) is 19.3 Å². The molecule has 0 aromatic carbocycles. The SMILES string of the molecule is CC1=C[C@H](C/C(C)=C/CCc2ccoc2)OC1=O. The molecule has 1 aliphatic heterocycles. The third-order valence-electron chi connectivity index (χ3n) is 3.05. The minimum absolute atomic E-state index is 0.0809. The Kier molecular flexibility index (Phi) is 4.03. The number of hydrogen-bond donors (Lipinski definition) is 0. The number of rotatable bonds is 5. The van der Waals surface area contributed by atoms with Crippen LogP contribution in [0.2, 0.25) is 0 Å². The number of esters is 1. The van der Waals surface area contributed by atoms with Gasteiger partial charge in [-0.3, -0.25) is 0 Å². The molecular weight excluding hydrogens is 228 g/mol. The molecule has 0 fully saturated rings. The maximum Gasteiger partial charge on any atom is 0.334 e. The van der Waals surface area contributed by atoms with Gasteiger partial charge in [0.1, 0.15) is 6.10 Å². The second-order valence-corrected chi connectivity index (χ2v) is 4.72. The fourth-order valence-electron chi connectivity index (χ4n) is 2.03. The maximum absolute atomic E-state index is 11.2. The smallest absolute Gasteiger partial charge is 0.334 e. The van der Waals surface area contributed by atoms with E-state index in [4.69, 9.17) is 9.15 Å². The Morgan fingerprint density at radius 1 is 1.50 bits per heavy atom. The van der Waals surface area contributed by atoms with Crippen molar-refractivity contribution in [1.29, 1.82) is 0 Å². The van der Waals surface area contributed by atoms with Crippen LogP contribution in [0.25, 0.3) is 0 Å². The molecule has 0 aliphatic carbocycles. The lowest BCUT2D eigenvalue weighted by atomic mass is 10.1. The molecule has 18 heavy (non-hydrogen) atoms. The van der Waals surface area contributed by atoms with Gasteiger partial charge in [0.05, 0.1) is 12.5 Å². The molecule has 0 amide bonds. The second kappa shape index (κ2) is 5.71. The first kappa shape index (κ1) is 12.7. The normalized spacial score (nSPS) is 19.9. The fourth-order valence-corrected chi connectivity index (χ4v) is 2.03. The topological polar surface area (TPSA) is 39.4 Å². The summed E-state index contributed by atoms with van der Waals surface area (Å²) >= 11 is 0. The molecule has 2 heterocycles. The summed E-state index contributed by atoms with van der Waals surface area (Å²) in [5.41, 5.74) is 3.18. The van der Waals surface area contributed by atoms with Crippen LogP contribution in [0.5, 0.6) is 0 Å². The molecule has 0 spiro atoms. The van der Waals surface area contributed by atoms with Crippen molar-refractivity contribution in [3.8, 4) is 0 Å². The fraction of sp³-hybridized carbons (Fsp3) is 0.400. The Balaban J connectivity index is 1.78. The molecular formula is C15H18O3. The van der Waals surface area contributed by atoms with Crippen LogP contribution in [0.3, 0.4) is 0 Å². The highest BCUT2D eigenvalue weighted by Crippen LogP contribution is 2.19. The lowest BCUT2D eigenvalue weighted by Gasteiger charge is -2.08. The number of carbonyl (C=O) groups excluding carboxylic acids is 1. The molecule has 2 rings (SSSR count). The Bertz CT molecular complexity index is 466. The largest absolute Gasteiger partial charge is 0.472 e. The monoisotopic (exact) mass is 246 g/mol. The Morgan fingerprint density at radius 2 is 2.33 bits per heavy atom. The zero-order valence-corrected chi connectivity index (χ0v) is 10.8.